The summed E-state index contributed by atoms with van der Waals surface area (Å²) in [4.78, 5) is 17.1. The topological polar surface area (TPSA) is 51.2 Å². The van der Waals surface area contributed by atoms with Crippen molar-refractivity contribution >= 4 is 17.2 Å². The van der Waals surface area contributed by atoms with Crippen LogP contribution in [0.2, 0.25) is 0 Å². The Morgan fingerprint density at radius 1 is 1.45 bits per heavy atom. The fourth-order valence-electron chi connectivity index (χ4n) is 3.66. The molecule has 2 heterocycles. The molecule has 2 aliphatic rings. The smallest absolute Gasteiger partial charge is 0.220 e. The standard InChI is InChI=1S/C17H26N2O2S/c1-12-11-22-16(18-12)17(9-3-4-10-17)19-15(20)8-7-14-6-5-13(2)21-14/h11,13-14H,3-10H2,1-2H3,(H,19,20)/t13-,14+/m1/s1. The molecule has 22 heavy (non-hydrogen) atoms. The van der Waals surface area contributed by atoms with E-state index in [2.05, 4.69) is 22.6 Å². The molecule has 0 bridgehead atoms. The highest BCUT2D eigenvalue weighted by molar-refractivity contribution is 7.09. The molecule has 5 heteroatoms. The van der Waals surface area contributed by atoms with Crippen LogP contribution in [0.1, 0.15) is 69.0 Å². The van der Waals surface area contributed by atoms with Crippen LogP contribution in [0.25, 0.3) is 0 Å². The lowest BCUT2D eigenvalue weighted by atomic mass is 9.97. The summed E-state index contributed by atoms with van der Waals surface area (Å²) in [5.74, 6) is 0.151. The quantitative estimate of drug-likeness (QED) is 0.899. The lowest BCUT2D eigenvalue weighted by molar-refractivity contribution is -0.123. The van der Waals surface area contributed by atoms with Gasteiger partial charge in [-0.05, 0) is 46.0 Å². The first-order chi connectivity index (χ1) is 10.6. The van der Waals surface area contributed by atoms with Crippen LogP contribution in [0, 0.1) is 6.92 Å². The molecule has 0 radical (unpaired) electrons. The molecular formula is C17H26N2O2S. The Hall–Kier alpha value is -0.940. The van der Waals surface area contributed by atoms with E-state index >= 15 is 0 Å². The second-order valence-corrected chi connectivity index (χ2v) is 7.67. The minimum absolute atomic E-state index is 0.151. The van der Waals surface area contributed by atoms with Gasteiger partial charge in [-0.2, -0.15) is 0 Å². The van der Waals surface area contributed by atoms with Crippen molar-refractivity contribution in [3.05, 3.63) is 16.1 Å². The van der Waals surface area contributed by atoms with Crippen LogP contribution in [0.5, 0.6) is 0 Å². The summed E-state index contributed by atoms with van der Waals surface area (Å²) in [5, 5.41) is 6.47. The van der Waals surface area contributed by atoms with Crippen LogP contribution in [0.4, 0.5) is 0 Å². The highest BCUT2D eigenvalue weighted by Crippen LogP contribution is 2.40. The number of carbonyl (C=O) groups is 1. The Kier molecular flexibility index (Phi) is 4.83. The Balaban J connectivity index is 1.58. The van der Waals surface area contributed by atoms with E-state index in [9.17, 15) is 4.79 Å². The molecule has 122 valence electrons. The summed E-state index contributed by atoms with van der Waals surface area (Å²) in [6, 6.07) is 0. The first kappa shape index (κ1) is 15.9. The molecule has 0 spiro atoms. The molecule has 2 fully saturated rings. The van der Waals surface area contributed by atoms with E-state index in [0.29, 0.717) is 12.5 Å². The van der Waals surface area contributed by atoms with Crippen LogP contribution in [-0.4, -0.2) is 23.1 Å². The second-order valence-electron chi connectivity index (χ2n) is 6.82. The largest absolute Gasteiger partial charge is 0.375 e. The minimum Gasteiger partial charge on any atom is -0.375 e. The van der Waals surface area contributed by atoms with Crippen LogP contribution in [-0.2, 0) is 15.1 Å². The van der Waals surface area contributed by atoms with Gasteiger partial charge in [0.1, 0.15) is 5.01 Å². The van der Waals surface area contributed by atoms with Gasteiger partial charge in [-0.25, -0.2) is 4.98 Å². The molecule has 1 aliphatic carbocycles. The predicted molar refractivity (Wildman–Crippen MR) is 87.9 cm³/mol. The lowest BCUT2D eigenvalue weighted by Gasteiger charge is -2.28. The van der Waals surface area contributed by atoms with Crippen molar-refractivity contribution in [2.75, 3.05) is 0 Å². The third kappa shape index (κ3) is 3.51. The number of aromatic nitrogens is 1. The molecule has 1 aromatic rings. The van der Waals surface area contributed by atoms with Crippen molar-refractivity contribution < 1.29 is 9.53 Å². The molecule has 1 saturated carbocycles. The van der Waals surface area contributed by atoms with Crippen molar-refractivity contribution in [3.63, 3.8) is 0 Å². The van der Waals surface area contributed by atoms with E-state index in [1.54, 1.807) is 11.3 Å². The number of nitrogens with zero attached hydrogens (tertiary/aromatic N) is 1. The summed E-state index contributed by atoms with van der Waals surface area (Å²) < 4.78 is 5.80. The van der Waals surface area contributed by atoms with E-state index in [4.69, 9.17) is 4.74 Å². The fourth-order valence-corrected chi connectivity index (χ4v) is 4.68. The first-order valence-corrected chi connectivity index (χ1v) is 9.34. The summed E-state index contributed by atoms with van der Waals surface area (Å²) in [6.45, 7) is 4.13. The van der Waals surface area contributed by atoms with Gasteiger partial charge in [0.25, 0.3) is 0 Å². The van der Waals surface area contributed by atoms with E-state index in [1.807, 2.05) is 6.92 Å². The Labute approximate surface area is 136 Å². The zero-order chi connectivity index (χ0) is 15.6. The average Bonchev–Trinajstić information content (AvgIpc) is 3.19. The third-order valence-corrected chi connectivity index (χ3v) is 6.04. The van der Waals surface area contributed by atoms with Crippen molar-refractivity contribution in [3.8, 4) is 0 Å². The number of ether oxygens (including phenoxy) is 1. The van der Waals surface area contributed by atoms with E-state index in [1.165, 1.54) is 12.8 Å². The highest BCUT2D eigenvalue weighted by Gasteiger charge is 2.39. The maximum absolute atomic E-state index is 12.4. The number of carbonyl (C=O) groups excluding carboxylic acids is 1. The Bertz CT molecular complexity index is 522. The average molecular weight is 322 g/mol. The van der Waals surface area contributed by atoms with E-state index in [-0.39, 0.29) is 17.6 Å². The monoisotopic (exact) mass is 322 g/mol. The minimum atomic E-state index is -0.208. The summed E-state index contributed by atoms with van der Waals surface area (Å²) >= 11 is 1.68. The van der Waals surface area contributed by atoms with Crippen molar-refractivity contribution in [1.29, 1.82) is 0 Å². The number of hydrogen-bond acceptors (Lipinski definition) is 4. The van der Waals surface area contributed by atoms with Crippen molar-refractivity contribution in [2.45, 2.75) is 83.0 Å². The zero-order valence-electron chi connectivity index (χ0n) is 13.6. The Morgan fingerprint density at radius 3 is 2.82 bits per heavy atom. The van der Waals surface area contributed by atoms with Crippen LogP contribution in [0.15, 0.2) is 5.38 Å². The fraction of sp³-hybridized carbons (Fsp3) is 0.765. The number of nitrogens with one attached hydrogen (secondary N) is 1. The molecule has 1 N–H and O–H groups in total. The van der Waals surface area contributed by atoms with Gasteiger partial charge in [-0.15, -0.1) is 11.3 Å². The van der Waals surface area contributed by atoms with Gasteiger partial charge in [0.05, 0.1) is 17.7 Å². The normalized spacial score (nSPS) is 27.2. The highest BCUT2D eigenvalue weighted by atomic mass is 32.1. The van der Waals surface area contributed by atoms with Gasteiger partial charge in [0.15, 0.2) is 0 Å². The van der Waals surface area contributed by atoms with Gasteiger partial charge in [0, 0.05) is 17.5 Å². The van der Waals surface area contributed by atoms with Crippen LogP contribution < -0.4 is 5.32 Å². The Morgan fingerprint density at radius 2 is 2.23 bits per heavy atom. The maximum atomic E-state index is 12.4. The maximum Gasteiger partial charge on any atom is 0.220 e. The number of hydrogen-bond donors (Lipinski definition) is 1. The van der Waals surface area contributed by atoms with Gasteiger partial charge in [0.2, 0.25) is 5.91 Å². The molecule has 0 aromatic carbocycles. The SMILES string of the molecule is Cc1csc(C2(NC(=O)CC[C@@H]3CC[C@@H](C)O3)CCCC2)n1. The van der Waals surface area contributed by atoms with E-state index < -0.39 is 0 Å². The summed E-state index contributed by atoms with van der Waals surface area (Å²) in [6.07, 6.45) is 8.59. The molecule has 4 nitrogen and oxygen atoms in total. The third-order valence-electron chi connectivity index (χ3n) is 4.88. The van der Waals surface area contributed by atoms with Gasteiger partial charge >= 0.3 is 0 Å². The molecular weight excluding hydrogens is 296 g/mol. The zero-order valence-corrected chi connectivity index (χ0v) is 14.4. The summed E-state index contributed by atoms with van der Waals surface area (Å²) in [7, 11) is 0. The number of amides is 1. The molecule has 0 unspecified atom stereocenters. The number of thiazole rings is 1. The van der Waals surface area contributed by atoms with Crippen LogP contribution in [0.3, 0.4) is 0 Å². The van der Waals surface area contributed by atoms with Gasteiger partial charge in [-0.3, -0.25) is 4.79 Å². The first-order valence-electron chi connectivity index (χ1n) is 8.46. The van der Waals surface area contributed by atoms with Gasteiger partial charge < -0.3 is 10.1 Å². The molecule has 3 rings (SSSR count). The lowest BCUT2D eigenvalue weighted by Crippen LogP contribution is -2.44. The van der Waals surface area contributed by atoms with Crippen molar-refractivity contribution in [1.82, 2.24) is 10.3 Å². The van der Waals surface area contributed by atoms with Crippen LogP contribution >= 0.6 is 11.3 Å². The predicted octanol–water partition coefficient (Wildman–Crippen LogP) is 3.68. The molecule has 1 amide bonds. The molecule has 1 aromatic heterocycles. The van der Waals surface area contributed by atoms with Gasteiger partial charge in [-0.1, -0.05) is 12.8 Å². The van der Waals surface area contributed by atoms with Crippen molar-refractivity contribution in [2.24, 2.45) is 0 Å². The number of aryl methyl sites for hydroxylation is 1. The summed E-state index contributed by atoms with van der Waals surface area (Å²) in [5.41, 5.74) is 0.841. The number of rotatable bonds is 5. The molecule has 1 aliphatic heterocycles. The second kappa shape index (κ2) is 6.67. The van der Waals surface area contributed by atoms with E-state index in [0.717, 1.165) is 42.8 Å². The molecule has 2 atom stereocenters. The molecule has 1 saturated heterocycles.